The minimum atomic E-state index is -0.386. The number of nitrogens with zero attached hydrogens (tertiary/aromatic N) is 2. The van der Waals surface area contributed by atoms with Crippen LogP contribution in [0.3, 0.4) is 0 Å². The Bertz CT molecular complexity index is 276. The van der Waals surface area contributed by atoms with Crippen LogP contribution in [0.4, 0.5) is 0 Å². The van der Waals surface area contributed by atoms with Crippen LogP contribution in [-0.2, 0) is 9.53 Å². The fourth-order valence-electron chi connectivity index (χ4n) is 2.17. The SMILES string of the molecule is CC(C)N1CCN(CCCOC(=O)C(C)(C)C)CC1. The van der Waals surface area contributed by atoms with E-state index in [-0.39, 0.29) is 11.4 Å². The monoisotopic (exact) mass is 270 g/mol. The maximum Gasteiger partial charge on any atom is 0.311 e. The minimum absolute atomic E-state index is 0.0999. The van der Waals surface area contributed by atoms with Crippen LogP contribution in [0, 0.1) is 5.41 Å². The lowest BCUT2D eigenvalue weighted by molar-refractivity contribution is -0.153. The van der Waals surface area contributed by atoms with E-state index in [0.29, 0.717) is 12.6 Å². The molecule has 0 atom stereocenters. The van der Waals surface area contributed by atoms with Crippen molar-refractivity contribution in [1.29, 1.82) is 0 Å². The molecule has 112 valence electrons. The Hall–Kier alpha value is -0.610. The summed E-state index contributed by atoms with van der Waals surface area (Å²) in [5, 5.41) is 0. The van der Waals surface area contributed by atoms with Crippen LogP contribution in [0.5, 0.6) is 0 Å². The molecule has 0 amide bonds. The molecule has 0 N–H and O–H groups in total. The van der Waals surface area contributed by atoms with Gasteiger partial charge in [-0.1, -0.05) is 0 Å². The van der Waals surface area contributed by atoms with Crippen molar-refractivity contribution < 1.29 is 9.53 Å². The average Bonchev–Trinajstić information content (AvgIpc) is 2.33. The number of hydrogen-bond donors (Lipinski definition) is 0. The number of carbonyl (C=O) groups excluding carboxylic acids is 1. The number of piperazine rings is 1. The van der Waals surface area contributed by atoms with Crippen molar-refractivity contribution >= 4 is 5.97 Å². The molecule has 4 nitrogen and oxygen atoms in total. The van der Waals surface area contributed by atoms with Gasteiger partial charge in [0, 0.05) is 38.8 Å². The van der Waals surface area contributed by atoms with E-state index >= 15 is 0 Å². The summed E-state index contributed by atoms with van der Waals surface area (Å²) in [7, 11) is 0. The third-order valence-corrected chi connectivity index (χ3v) is 3.60. The lowest BCUT2D eigenvalue weighted by Crippen LogP contribution is -2.49. The van der Waals surface area contributed by atoms with Crippen LogP contribution < -0.4 is 0 Å². The molecule has 0 unspecified atom stereocenters. The zero-order chi connectivity index (χ0) is 14.5. The Labute approximate surface area is 118 Å². The number of hydrogen-bond acceptors (Lipinski definition) is 4. The highest BCUT2D eigenvalue weighted by molar-refractivity contribution is 5.75. The lowest BCUT2D eigenvalue weighted by Gasteiger charge is -2.36. The lowest BCUT2D eigenvalue weighted by atomic mass is 9.97. The first-order chi connectivity index (χ1) is 8.80. The molecule has 4 heteroatoms. The van der Waals surface area contributed by atoms with Gasteiger partial charge in [0.2, 0.25) is 0 Å². The molecular weight excluding hydrogens is 240 g/mol. The number of ether oxygens (including phenoxy) is 1. The second-order valence-electron chi connectivity index (χ2n) is 6.71. The first kappa shape index (κ1) is 16.4. The van der Waals surface area contributed by atoms with Gasteiger partial charge in [-0.15, -0.1) is 0 Å². The molecule has 0 bridgehead atoms. The number of carbonyl (C=O) groups is 1. The van der Waals surface area contributed by atoms with Crippen LogP contribution in [0.25, 0.3) is 0 Å². The van der Waals surface area contributed by atoms with Gasteiger partial charge in [-0.2, -0.15) is 0 Å². The van der Waals surface area contributed by atoms with Crippen LogP contribution in [0.15, 0.2) is 0 Å². The fourth-order valence-corrected chi connectivity index (χ4v) is 2.17. The Morgan fingerprint density at radius 3 is 2.21 bits per heavy atom. The number of esters is 1. The van der Waals surface area contributed by atoms with E-state index < -0.39 is 0 Å². The highest BCUT2D eigenvalue weighted by Gasteiger charge is 2.23. The summed E-state index contributed by atoms with van der Waals surface area (Å²) >= 11 is 0. The smallest absolute Gasteiger partial charge is 0.311 e. The summed E-state index contributed by atoms with van der Waals surface area (Å²) < 4.78 is 5.28. The Morgan fingerprint density at radius 1 is 1.16 bits per heavy atom. The van der Waals surface area contributed by atoms with Gasteiger partial charge in [0.1, 0.15) is 0 Å². The van der Waals surface area contributed by atoms with Crippen LogP contribution in [0.1, 0.15) is 41.0 Å². The second kappa shape index (κ2) is 7.25. The van der Waals surface area contributed by atoms with Gasteiger partial charge in [0.15, 0.2) is 0 Å². The fraction of sp³-hybridized carbons (Fsp3) is 0.933. The molecule has 0 aliphatic carbocycles. The summed E-state index contributed by atoms with van der Waals surface area (Å²) in [4.78, 5) is 16.6. The average molecular weight is 270 g/mol. The minimum Gasteiger partial charge on any atom is -0.465 e. The van der Waals surface area contributed by atoms with E-state index in [2.05, 4.69) is 23.6 Å². The van der Waals surface area contributed by atoms with Crippen LogP contribution >= 0.6 is 0 Å². The highest BCUT2D eigenvalue weighted by Crippen LogP contribution is 2.15. The van der Waals surface area contributed by atoms with Crippen molar-refractivity contribution in [2.45, 2.75) is 47.1 Å². The molecular formula is C15H30N2O2. The second-order valence-corrected chi connectivity index (χ2v) is 6.71. The standard InChI is InChI=1S/C15H30N2O2/c1-13(2)17-10-8-16(9-11-17)7-6-12-19-14(18)15(3,4)5/h13H,6-12H2,1-5H3. The molecule has 1 aliphatic rings. The van der Waals surface area contributed by atoms with Gasteiger partial charge in [-0.05, 0) is 41.0 Å². The molecule has 19 heavy (non-hydrogen) atoms. The van der Waals surface area contributed by atoms with Gasteiger partial charge in [0.05, 0.1) is 12.0 Å². The Kier molecular flexibility index (Phi) is 6.27. The van der Waals surface area contributed by atoms with Crippen molar-refractivity contribution in [2.24, 2.45) is 5.41 Å². The highest BCUT2D eigenvalue weighted by atomic mass is 16.5. The molecule has 1 fully saturated rings. The van der Waals surface area contributed by atoms with Crippen LogP contribution in [-0.4, -0.2) is 61.1 Å². The van der Waals surface area contributed by atoms with Gasteiger partial charge in [-0.25, -0.2) is 0 Å². The van der Waals surface area contributed by atoms with Gasteiger partial charge in [0.25, 0.3) is 0 Å². The maximum absolute atomic E-state index is 11.6. The topological polar surface area (TPSA) is 32.8 Å². The Balaban J connectivity index is 2.10. The van der Waals surface area contributed by atoms with E-state index in [0.717, 1.165) is 39.1 Å². The van der Waals surface area contributed by atoms with E-state index in [1.807, 2.05) is 20.8 Å². The van der Waals surface area contributed by atoms with Crippen molar-refractivity contribution in [2.75, 3.05) is 39.3 Å². The molecule has 0 spiro atoms. The predicted octanol–water partition coefficient (Wildman–Crippen LogP) is 1.99. The summed E-state index contributed by atoms with van der Waals surface area (Å²) in [6, 6.07) is 0.648. The van der Waals surface area contributed by atoms with E-state index in [9.17, 15) is 4.79 Å². The van der Waals surface area contributed by atoms with Crippen molar-refractivity contribution in [3.8, 4) is 0 Å². The van der Waals surface area contributed by atoms with Crippen molar-refractivity contribution in [3.63, 3.8) is 0 Å². The molecule has 0 radical (unpaired) electrons. The number of rotatable bonds is 5. The molecule has 1 aliphatic heterocycles. The van der Waals surface area contributed by atoms with Crippen molar-refractivity contribution in [1.82, 2.24) is 9.80 Å². The quantitative estimate of drug-likeness (QED) is 0.565. The van der Waals surface area contributed by atoms with E-state index in [1.54, 1.807) is 0 Å². The van der Waals surface area contributed by atoms with E-state index in [1.165, 1.54) is 0 Å². The van der Waals surface area contributed by atoms with Crippen LogP contribution in [0.2, 0.25) is 0 Å². The third kappa shape index (κ3) is 5.91. The van der Waals surface area contributed by atoms with E-state index in [4.69, 9.17) is 4.74 Å². The summed E-state index contributed by atoms with van der Waals surface area (Å²) in [5.41, 5.74) is -0.386. The zero-order valence-corrected chi connectivity index (χ0v) is 13.2. The van der Waals surface area contributed by atoms with Gasteiger partial charge < -0.3 is 9.64 Å². The first-order valence-corrected chi connectivity index (χ1v) is 7.44. The summed E-state index contributed by atoms with van der Waals surface area (Å²) in [6.45, 7) is 16.3. The molecule has 1 heterocycles. The van der Waals surface area contributed by atoms with Gasteiger partial charge in [-0.3, -0.25) is 9.69 Å². The maximum atomic E-state index is 11.6. The molecule has 0 aromatic rings. The first-order valence-electron chi connectivity index (χ1n) is 7.44. The molecule has 0 saturated carbocycles. The normalized spacial score (nSPS) is 18.8. The van der Waals surface area contributed by atoms with Crippen molar-refractivity contribution in [3.05, 3.63) is 0 Å². The summed E-state index contributed by atoms with van der Waals surface area (Å²) in [6.07, 6.45) is 0.934. The largest absolute Gasteiger partial charge is 0.465 e. The summed E-state index contributed by atoms with van der Waals surface area (Å²) in [5.74, 6) is -0.0999. The molecule has 0 aromatic carbocycles. The third-order valence-electron chi connectivity index (χ3n) is 3.60. The van der Waals surface area contributed by atoms with Gasteiger partial charge >= 0.3 is 5.97 Å². The Morgan fingerprint density at radius 2 is 1.74 bits per heavy atom. The molecule has 0 aromatic heterocycles. The molecule has 1 rings (SSSR count). The predicted molar refractivity (Wildman–Crippen MR) is 78.2 cm³/mol. The zero-order valence-electron chi connectivity index (χ0n) is 13.2. The molecule has 1 saturated heterocycles.